The first kappa shape index (κ1) is 8.85. The van der Waals surface area contributed by atoms with E-state index in [9.17, 15) is 0 Å². The monoisotopic (exact) mass is 189 g/mol. The van der Waals surface area contributed by atoms with Crippen LogP contribution >= 0.6 is 0 Å². The Bertz CT molecular complexity index is 145. The zero-order chi connectivity index (χ0) is 8.44. The fraction of sp³-hybridized carbons (Fsp3) is 1.00. The highest BCUT2D eigenvalue weighted by molar-refractivity contribution is 7.96. The average Bonchev–Trinajstić information content (AvgIpc) is 2.13. The number of hydrogen-bond donors (Lipinski definition) is 0. The summed E-state index contributed by atoms with van der Waals surface area (Å²) in [6, 6.07) is 0. The van der Waals surface area contributed by atoms with Gasteiger partial charge in [0, 0.05) is 12.8 Å². The Morgan fingerprint density at radius 1 is 1.08 bits per heavy atom. The van der Waals surface area contributed by atoms with Crippen molar-refractivity contribution in [1.82, 2.24) is 0 Å². The van der Waals surface area contributed by atoms with Gasteiger partial charge in [0.15, 0.2) is 5.79 Å². The molecule has 0 amide bonds. The van der Waals surface area contributed by atoms with Crippen LogP contribution in [0.25, 0.3) is 0 Å². The van der Waals surface area contributed by atoms with Crippen LogP contribution in [0.5, 0.6) is 0 Å². The maximum Gasteiger partial charge on any atom is 0.177 e. The van der Waals surface area contributed by atoms with Crippen LogP contribution in [0.1, 0.15) is 19.3 Å². The maximum atomic E-state index is 5.74. The molecule has 0 radical (unpaired) electrons. The normalized spacial score (nSPS) is 30.8. The Kier molecular flexibility index (Phi) is 2.63. The van der Waals surface area contributed by atoms with Crippen LogP contribution in [0.15, 0.2) is 0 Å². The predicted octanol–water partition coefficient (Wildman–Crippen LogP) is 1.16. The highest BCUT2D eigenvalue weighted by atomic mass is 32.2. The van der Waals surface area contributed by atoms with Gasteiger partial charge < -0.3 is 9.47 Å². The second-order valence-corrected chi connectivity index (χ2v) is 6.03. The highest BCUT2D eigenvalue weighted by Gasteiger charge is 2.41. The van der Waals surface area contributed by atoms with Gasteiger partial charge >= 0.3 is 0 Å². The van der Waals surface area contributed by atoms with E-state index in [1.54, 1.807) is 0 Å². The summed E-state index contributed by atoms with van der Waals surface area (Å²) in [5.74, 6) is 2.43. The van der Waals surface area contributed by atoms with Gasteiger partial charge in [-0.3, -0.25) is 0 Å². The molecular formula is C9H17O2S+. The van der Waals surface area contributed by atoms with Gasteiger partial charge in [-0.2, -0.15) is 0 Å². The van der Waals surface area contributed by atoms with Gasteiger partial charge in [-0.25, -0.2) is 0 Å². The van der Waals surface area contributed by atoms with Crippen molar-refractivity contribution in [1.29, 1.82) is 0 Å². The minimum atomic E-state index is -0.155. The molecule has 0 bridgehead atoms. The maximum absolute atomic E-state index is 5.74. The van der Waals surface area contributed by atoms with Gasteiger partial charge in [0.1, 0.15) is 11.5 Å². The van der Waals surface area contributed by atoms with Gasteiger partial charge in [0.05, 0.1) is 19.5 Å². The van der Waals surface area contributed by atoms with E-state index in [1.165, 1.54) is 11.5 Å². The van der Waals surface area contributed by atoms with Crippen molar-refractivity contribution in [3.63, 3.8) is 0 Å². The quantitative estimate of drug-likeness (QED) is 0.532. The summed E-state index contributed by atoms with van der Waals surface area (Å²) in [4.78, 5) is 0. The fourth-order valence-electron chi connectivity index (χ4n) is 1.79. The molecule has 0 saturated carbocycles. The molecule has 1 spiro atoms. The lowest BCUT2D eigenvalue weighted by molar-refractivity contribution is -0.269. The van der Waals surface area contributed by atoms with Crippen molar-refractivity contribution in [3.8, 4) is 0 Å². The average molecular weight is 189 g/mol. The lowest BCUT2D eigenvalue weighted by Gasteiger charge is -2.38. The molecule has 2 aliphatic rings. The van der Waals surface area contributed by atoms with Crippen LogP contribution in [0.2, 0.25) is 0 Å². The second kappa shape index (κ2) is 3.56. The highest BCUT2D eigenvalue weighted by Crippen LogP contribution is 2.31. The summed E-state index contributed by atoms with van der Waals surface area (Å²) >= 11 is 0. The lowest BCUT2D eigenvalue weighted by Crippen LogP contribution is -2.46. The molecule has 0 aromatic rings. The Morgan fingerprint density at radius 3 is 2.25 bits per heavy atom. The number of hydrogen-bond acceptors (Lipinski definition) is 2. The molecule has 0 aliphatic carbocycles. The van der Waals surface area contributed by atoms with Gasteiger partial charge in [-0.1, -0.05) is 0 Å². The summed E-state index contributed by atoms with van der Waals surface area (Å²) in [5, 5.41) is 0. The third-order valence-corrected chi connectivity index (χ3v) is 4.48. The molecule has 0 atom stereocenters. The molecule has 70 valence electrons. The van der Waals surface area contributed by atoms with Crippen LogP contribution in [0.3, 0.4) is 0 Å². The summed E-state index contributed by atoms with van der Waals surface area (Å²) in [7, 11) is 0.622. The molecular weight excluding hydrogens is 172 g/mol. The standard InChI is InChI=1S/C9H17O2S/c1-12-7-3-9(4-8-12)10-5-2-6-11-9/h2-8H2,1H3/q+1. The zero-order valence-electron chi connectivity index (χ0n) is 7.67. The number of rotatable bonds is 0. The van der Waals surface area contributed by atoms with Gasteiger partial charge in [-0.05, 0) is 17.3 Å². The molecule has 12 heavy (non-hydrogen) atoms. The molecule has 0 N–H and O–H groups in total. The molecule has 0 aromatic heterocycles. The Morgan fingerprint density at radius 2 is 1.67 bits per heavy atom. The van der Waals surface area contributed by atoms with Crippen molar-refractivity contribution < 1.29 is 9.47 Å². The fourth-order valence-corrected chi connectivity index (χ4v) is 3.32. The van der Waals surface area contributed by atoms with Crippen molar-refractivity contribution in [3.05, 3.63) is 0 Å². The van der Waals surface area contributed by atoms with Gasteiger partial charge in [0.2, 0.25) is 0 Å². The second-order valence-electron chi connectivity index (χ2n) is 3.65. The van der Waals surface area contributed by atoms with Gasteiger partial charge in [0.25, 0.3) is 0 Å². The van der Waals surface area contributed by atoms with Crippen LogP contribution in [-0.2, 0) is 20.4 Å². The Labute approximate surface area is 77.0 Å². The van der Waals surface area contributed by atoms with E-state index in [0.717, 1.165) is 32.5 Å². The minimum absolute atomic E-state index is 0.155. The van der Waals surface area contributed by atoms with E-state index in [4.69, 9.17) is 9.47 Å². The van der Waals surface area contributed by atoms with Crippen molar-refractivity contribution in [2.75, 3.05) is 31.0 Å². The SMILES string of the molecule is C[S+]1CCC2(CC1)OCCCO2. The Balaban J connectivity index is 1.92. The van der Waals surface area contributed by atoms with Gasteiger partial charge in [-0.15, -0.1) is 0 Å². The summed E-state index contributed by atoms with van der Waals surface area (Å²) in [5.41, 5.74) is 0. The van der Waals surface area contributed by atoms with E-state index >= 15 is 0 Å². The van der Waals surface area contributed by atoms with E-state index in [1.807, 2.05) is 0 Å². The first-order valence-electron chi connectivity index (χ1n) is 4.68. The van der Waals surface area contributed by atoms with Crippen LogP contribution in [0, 0.1) is 0 Å². The van der Waals surface area contributed by atoms with Crippen LogP contribution in [-0.4, -0.2) is 36.8 Å². The largest absolute Gasteiger partial charge is 0.349 e. The third-order valence-electron chi connectivity index (χ3n) is 2.68. The van der Waals surface area contributed by atoms with Crippen molar-refractivity contribution in [2.45, 2.75) is 25.0 Å². The minimum Gasteiger partial charge on any atom is -0.349 e. The molecule has 0 unspecified atom stereocenters. The summed E-state index contributed by atoms with van der Waals surface area (Å²) in [6.45, 7) is 1.80. The van der Waals surface area contributed by atoms with Crippen molar-refractivity contribution in [2.24, 2.45) is 0 Å². The molecule has 2 rings (SSSR count). The lowest BCUT2D eigenvalue weighted by atomic mass is 10.1. The molecule has 0 aromatic carbocycles. The van der Waals surface area contributed by atoms with E-state index in [2.05, 4.69) is 6.26 Å². The zero-order valence-corrected chi connectivity index (χ0v) is 8.49. The van der Waals surface area contributed by atoms with Crippen molar-refractivity contribution >= 4 is 10.9 Å². The molecule has 2 heterocycles. The first-order chi connectivity index (χ1) is 5.81. The molecule has 3 heteroatoms. The summed E-state index contributed by atoms with van der Waals surface area (Å²) in [6.07, 6.45) is 5.65. The topological polar surface area (TPSA) is 18.5 Å². The summed E-state index contributed by atoms with van der Waals surface area (Å²) < 4.78 is 11.5. The van der Waals surface area contributed by atoms with E-state index in [0.29, 0.717) is 10.9 Å². The third kappa shape index (κ3) is 1.78. The smallest absolute Gasteiger partial charge is 0.177 e. The number of ether oxygens (including phenoxy) is 2. The Hall–Kier alpha value is 0.270. The van der Waals surface area contributed by atoms with Crippen LogP contribution < -0.4 is 0 Å². The molecule has 2 aliphatic heterocycles. The molecule has 2 nitrogen and oxygen atoms in total. The predicted molar refractivity (Wildman–Crippen MR) is 51.5 cm³/mol. The van der Waals surface area contributed by atoms with E-state index < -0.39 is 0 Å². The van der Waals surface area contributed by atoms with E-state index in [-0.39, 0.29) is 5.79 Å². The molecule has 2 fully saturated rings. The molecule has 2 saturated heterocycles. The van der Waals surface area contributed by atoms with Crippen LogP contribution in [0.4, 0.5) is 0 Å². The first-order valence-corrected chi connectivity index (χ1v) is 6.65.